The van der Waals surface area contributed by atoms with Gasteiger partial charge in [-0.15, -0.1) is 0 Å². The monoisotopic (exact) mass is 309 g/mol. The van der Waals surface area contributed by atoms with Crippen LogP contribution in [0.4, 0.5) is 0 Å². The zero-order valence-electron chi connectivity index (χ0n) is 13.2. The predicted octanol–water partition coefficient (Wildman–Crippen LogP) is 2.03. The molecule has 0 saturated carbocycles. The lowest BCUT2D eigenvalue weighted by molar-refractivity contribution is -0.132. The van der Waals surface area contributed by atoms with E-state index in [-0.39, 0.29) is 5.91 Å². The standard InChI is InChI=1S/C16H27N3OS/c1-17-7-3-14-4-8-19(9-5-14)12-16(20)18(2)11-15-6-10-21-13-15/h6,10,13-14,17H,3-5,7-9,11-12H2,1-2H3. The molecule has 1 amide bonds. The van der Waals surface area contributed by atoms with Gasteiger partial charge in [0.15, 0.2) is 0 Å². The third kappa shape index (κ3) is 5.41. The summed E-state index contributed by atoms with van der Waals surface area (Å²) >= 11 is 1.68. The van der Waals surface area contributed by atoms with Crippen molar-refractivity contribution >= 4 is 17.2 Å². The second-order valence-electron chi connectivity index (χ2n) is 5.99. The van der Waals surface area contributed by atoms with Gasteiger partial charge in [-0.3, -0.25) is 9.69 Å². The van der Waals surface area contributed by atoms with Crippen molar-refractivity contribution in [2.24, 2.45) is 5.92 Å². The highest BCUT2D eigenvalue weighted by molar-refractivity contribution is 7.07. The summed E-state index contributed by atoms with van der Waals surface area (Å²) < 4.78 is 0. The lowest BCUT2D eigenvalue weighted by atomic mass is 9.93. The first-order valence-corrected chi connectivity index (χ1v) is 8.75. The summed E-state index contributed by atoms with van der Waals surface area (Å²) in [5.41, 5.74) is 1.22. The Kier molecular flexibility index (Phi) is 6.67. The van der Waals surface area contributed by atoms with E-state index in [0.29, 0.717) is 6.54 Å². The third-order valence-electron chi connectivity index (χ3n) is 4.29. The Hall–Kier alpha value is -0.910. The summed E-state index contributed by atoms with van der Waals surface area (Å²) in [5, 5.41) is 7.39. The van der Waals surface area contributed by atoms with Crippen molar-refractivity contribution in [1.29, 1.82) is 0 Å². The number of nitrogens with zero attached hydrogens (tertiary/aromatic N) is 2. The molecule has 5 heteroatoms. The molecule has 0 atom stereocenters. The SMILES string of the molecule is CNCCC1CCN(CC(=O)N(C)Cc2ccsc2)CC1. The van der Waals surface area contributed by atoms with Crippen LogP contribution in [0.25, 0.3) is 0 Å². The van der Waals surface area contributed by atoms with Crippen molar-refractivity contribution < 1.29 is 4.79 Å². The summed E-state index contributed by atoms with van der Waals surface area (Å²) in [5.74, 6) is 1.06. The molecular formula is C16H27N3OS. The fourth-order valence-corrected chi connectivity index (χ4v) is 3.50. The predicted molar refractivity (Wildman–Crippen MR) is 88.5 cm³/mol. The van der Waals surface area contributed by atoms with E-state index in [0.717, 1.165) is 32.1 Å². The molecule has 1 saturated heterocycles. The smallest absolute Gasteiger partial charge is 0.236 e. The van der Waals surface area contributed by atoms with Gasteiger partial charge in [-0.2, -0.15) is 11.3 Å². The fraction of sp³-hybridized carbons (Fsp3) is 0.688. The molecule has 1 fully saturated rings. The van der Waals surface area contributed by atoms with Crippen LogP contribution in [0.3, 0.4) is 0 Å². The van der Waals surface area contributed by atoms with Gasteiger partial charge in [0.2, 0.25) is 5.91 Å². The largest absolute Gasteiger partial charge is 0.340 e. The van der Waals surface area contributed by atoms with Gasteiger partial charge in [0.05, 0.1) is 6.54 Å². The molecule has 21 heavy (non-hydrogen) atoms. The number of likely N-dealkylation sites (N-methyl/N-ethyl adjacent to an activating group) is 1. The van der Waals surface area contributed by atoms with E-state index in [1.165, 1.54) is 24.8 Å². The number of carbonyl (C=O) groups excluding carboxylic acids is 1. The van der Waals surface area contributed by atoms with E-state index in [9.17, 15) is 4.79 Å². The first-order valence-electron chi connectivity index (χ1n) is 7.81. The van der Waals surface area contributed by atoms with Crippen LogP contribution in [-0.4, -0.2) is 56.0 Å². The third-order valence-corrected chi connectivity index (χ3v) is 5.03. The van der Waals surface area contributed by atoms with Gasteiger partial charge in [-0.25, -0.2) is 0 Å². The van der Waals surface area contributed by atoms with E-state index in [2.05, 4.69) is 27.0 Å². The average Bonchev–Trinajstić information content (AvgIpc) is 2.99. The van der Waals surface area contributed by atoms with E-state index in [4.69, 9.17) is 0 Å². The summed E-state index contributed by atoms with van der Waals surface area (Å²) in [6, 6.07) is 2.09. The number of hydrogen-bond acceptors (Lipinski definition) is 4. The highest BCUT2D eigenvalue weighted by atomic mass is 32.1. The lowest BCUT2D eigenvalue weighted by Crippen LogP contribution is -2.42. The van der Waals surface area contributed by atoms with Gasteiger partial charge in [-0.1, -0.05) is 0 Å². The Morgan fingerprint density at radius 1 is 1.48 bits per heavy atom. The van der Waals surface area contributed by atoms with E-state index >= 15 is 0 Å². The summed E-state index contributed by atoms with van der Waals surface area (Å²) in [4.78, 5) is 16.4. The quantitative estimate of drug-likeness (QED) is 0.837. The van der Waals surface area contributed by atoms with Crippen LogP contribution in [0.15, 0.2) is 16.8 Å². The van der Waals surface area contributed by atoms with E-state index in [1.54, 1.807) is 11.3 Å². The first kappa shape index (κ1) is 16.5. The minimum atomic E-state index is 0.231. The molecule has 2 rings (SSSR count). The molecule has 2 heterocycles. The van der Waals surface area contributed by atoms with Crippen LogP contribution in [-0.2, 0) is 11.3 Å². The topological polar surface area (TPSA) is 35.6 Å². The zero-order valence-corrected chi connectivity index (χ0v) is 14.0. The molecule has 118 valence electrons. The van der Waals surface area contributed by atoms with Crippen molar-refractivity contribution in [3.05, 3.63) is 22.4 Å². The molecule has 1 aromatic heterocycles. The highest BCUT2D eigenvalue weighted by Gasteiger charge is 2.21. The minimum absolute atomic E-state index is 0.231. The molecule has 1 aromatic rings. The molecule has 0 radical (unpaired) electrons. The minimum Gasteiger partial charge on any atom is -0.340 e. The molecule has 0 bridgehead atoms. The molecule has 1 N–H and O–H groups in total. The molecule has 0 spiro atoms. The van der Waals surface area contributed by atoms with Crippen LogP contribution >= 0.6 is 11.3 Å². The van der Waals surface area contributed by atoms with Crippen LogP contribution < -0.4 is 5.32 Å². The van der Waals surface area contributed by atoms with Crippen LogP contribution in [0.1, 0.15) is 24.8 Å². The molecule has 0 unspecified atom stereocenters. The highest BCUT2D eigenvalue weighted by Crippen LogP contribution is 2.20. The lowest BCUT2D eigenvalue weighted by Gasteiger charge is -2.32. The van der Waals surface area contributed by atoms with Crippen molar-refractivity contribution in [1.82, 2.24) is 15.1 Å². The number of amides is 1. The molecule has 1 aliphatic heterocycles. The second kappa shape index (κ2) is 8.51. The molecule has 1 aliphatic rings. The summed E-state index contributed by atoms with van der Waals surface area (Å²) in [6.07, 6.45) is 3.71. The Bertz CT molecular complexity index is 413. The van der Waals surface area contributed by atoms with Crippen molar-refractivity contribution in [3.8, 4) is 0 Å². The maximum atomic E-state index is 12.3. The number of carbonyl (C=O) groups is 1. The number of rotatable bonds is 7. The second-order valence-corrected chi connectivity index (χ2v) is 6.77. The Balaban J connectivity index is 1.69. The van der Waals surface area contributed by atoms with Gasteiger partial charge in [0, 0.05) is 13.6 Å². The van der Waals surface area contributed by atoms with Crippen LogP contribution in [0.5, 0.6) is 0 Å². The first-order chi connectivity index (χ1) is 10.2. The molecular weight excluding hydrogens is 282 g/mol. The van der Waals surface area contributed by atoms with Crippen LogP contribution in [0.2, 0.25) is 0 Å². The van der Waals surface area contributed by atoms with Gasteiger partial charge < -0.3 is 10.2 Å². The van der Waals surface area contributed by atoms with Gasteiger partial charge >= 0.3 is 0 Å². The number of likely N-dealkylation sites (tertiary alicyclic amines) is 1. The maximum absolute atomic E-state index is 12.3. The van der Waals surface area contributed by atoms with Gasteiger partial charge in [-0.05, 0) is 74.3 Å². The van der Waals surface area contributed by atoms with Gasteiger partial charge in [0.25, 0.3) is 0 Å². The van der Waals surface area contributed by atoms with Crippen molar-refractivity contribution in [2.75, 3.05) is 40.3 Å². The van der Waals surface area contributed by atoms with Crippen LogP contribution in [0, 0.1) is 5.92 Å². The Morgan fingerprint density at radius 3 is 2.86 bits per heavy atom. The normalized spacial score (nSPS) is 17.0. The van der Waals surface area contributed by atoms with E-state index in [1.807, 2.05) is 19.0 Å². The van der Waals surface area contributed by atoms with Crippen molar-refractivity contribution in [3.63, 3.8) is 0 Å². The molecule has 4 nitrogen and oxygen atoms in total. The fourth-order valence-electron chi connectivity index (χ4n) is 2.84. The maximum Gasteiger partial charge on any atom is 0.236 e. The number of piperidine rings is 1. The number of nitrogens with one attached hydrogen (secondary N) is 1. The Morgan fingerprint density at radius 2 is 2.24 bits per heavy atom. The number of hydrogen-bond donors (Lipinski definition) is 1. The van der Waals surface area contributed by atoms with E-state index < -0.39 is 0 Å². The van der Waals surface area contributed by atoms with Crippen molar-refractivity contribution in [2.45, 2.75) is 25.8 Å². The zero-order chi connectivity index (χ0) is 15.1. The molecule has 0 aliphatic carbocycles. The Labute approximate surface area is 132 Å². The summed E-state index contributed by atoms with van der Waals surface area (Å²) in [7, 11) is 3.91. The molecule has 0 aromatic carbocycles. The van der Waals surface area contributed by atoms with Gasteiger partial charge in [0.1, 0.15) is 0 Å². The number of thiophene rings is 1. The average molecular weight is 309 g/mol. The summed E-state index contributed by atoms with van der Waals surface area (Å²) in [6.45, 7) is 4.52.